The molecule has 1 atom stereocenters. The lowest BCUT2D eigenvalue weighted by atomic mass is 9.98. The second-order valence-electron chi connectivity index (χ2n) is 5.14. The normalized spacial score (nSPS) is 20.1. The van der Waals surface area contributed by atoms with Crippen LogP contribution in [0.25, 0.3) is 0 Å². The van der Waals surface area contributed by atoms with Gasteiger partial charge < -0.3 is 15.0 Å². The minimum atomic E-state index is -3.16. The molecule has 1 heterocycles. The van der Waals surface area contributed by atoms with Gasteiger partial charge in [-0.25, -0.2) is 13.1 Å². The van der Waals surface area contributed by atoms with Crippen molar-refractivity contribution in [2.24, 2.45) is 5.92 Å². The average Bonchev–Trinajstić information content (AvgIpc) is 2.41. The van der Waals surface area contributed by atoms with Crippen LogP contribution in [0.2, 0.25) is 0 Å². The van der Waals surface area contributed by atoms with Crippen LogP contribution in [0, 0.1) is 5.92 Å². The number of sulfonamides is 1. The van der Waals surface area contributed by atoms with Crippen LogP contribution in [0.4, 0.5) is 0 Å². The minimum absolute atomic E-state index is 0.0603. The Morgan fingerprint density at radius 2 is 2.20 bits per heavy atom. The summed E-state index contributed by atoms with van der Waals surface area (Å²) in [5.74, 6) is 0.256. The number of ether oxygens (including phenoxy) is 1. The van der Waals surface area contributed by atoms with Gasteiger partial charge in [0.1, 0.15) is 0 Å². The second kappa shape index (κ2) is 8.56. The molecule has 0 aromatic rings. The fourth-order valence-corrected chi connectivity index (χ4v) is 2.75. The first-order valence-corrected chi connectivity index (χ1v) is 8.73. The van der Waals surface area contributed by atoms with Crippen molar-refractivity contribution in [3.63, 3.8) is 0 Å². The van der Waals surface area contributed by atoms with Crippen molar-refractivity contribution >= 4 is 15.9 Å². The largest absolute Gasteiger partial charge is 0.383 e. The summed E-state index contributed by atoms with van der Waals surface area (Å²) in [7, 11) is -1.54. The van der Waals surface area contributed by atoms with Gasteiger partial charge in [-0.1, -0.05) is 0 Å². The smallest absolute Gasteiger partial charge is 0.236 e. The summed E-state index contributed by atoms with van der Waals surface area (Å²) in [6.07, 6.45) is 3.02. The fraction of sp³-hybridized carbons (Fsp3) is 0.917. The van der Waals surface area contributed by atoms with Gasteiger partial charge in [-0.3, -0.25) is 4.79 Å². The number of nitrogens with zero attached hydrogens (tertiary/aromatic N) is 1. The Hall–Kier alpha value is -0.700. The molecule has 0 aromatic heterocycles. The number of carbonyl (C=O) groups is 1. The predicted molar refractivity (Wildman–Crippen MR) is 76.9 cm³/mol. The third kappa shape index (κ3) is 7.18. The zero-order valence-corrected chi connectivity index (χ0v) is 13.0. The highest BCUT2D eigenvalue weighted by Gasteiger charge is 2.23. The maximum atomic E-state index is 12.0. The van der Waals surface area contributed by atoms with E-state index in [0.29, 0.717) is 32.8 Å². The van der Waals surface area contributed by atoms with Crippen molar-refractivity contribution < 1.29 is 17.9 Å². The zero-order valence-electron chi connectivity index (χ0n) is 12.2. The Morgan fingerprint density at radius 3 is 2.85 bits per heavy atom. The van der Waals surface area contributed by atoms with Gasteiger partial charge in [0, 0.05) is 33.3 Å². The number of rotatable bonds is 8. The number of amides is 1. The minimum Gasteiger partial charge on any atom is -0.383 e. The summed E-state index contributed by atoms with van der Waals surface area (Å²) in [5, 5.41) is 3.03. The third-order valence-corrected chi connectivity index (χ3v) is 3.96. The molecule has 2 N–H and O–H groups in total. The predicted octanol–water partition coefficient (Wildman–Crippen LogP) is -0.990. The summed E-state index contributed by atoms with van der Waals surface area (Å²) >= 11 is 0. The monoisotopic (exact) mass is 307 g/mol. The number of likely N-dealkylation sites (tertiary alicyclic amines) is 1. The summed E-state index contributed by atoms with van der Waals surface area (Å²) in [6.45, 7) is 3.30. The molecule has 1 fully saturated rings. The molecular weight excluding hydrogens is 282 g/mol. The molecule has 0 aromatic carbocycles. The van der Waals surface area contributed by atoms with Crippen molar-refractivity contribution in [2.75, 3.05) is 52.7 Å². The van der Waals surface area contributed by atoms with Crippen LogP contribution in [0.3, 0.4) is 0 Å². The van der Waals surface area contributed by atoms with Crippen LogP contribution < -0.4 is 10.0 Å². The first-order chi connectivity index (χ1) is 9.42. The molecule has 0 saturated carbocycles. The fourth-order valence-electron chi connectivity index (χ4n) is 2.21. The number of hydrogen-bond acceptors (Lipinski definition) is 5. The second-order valence-corrected chi connectivity index (χ2v) is 6.97. The van der Waals surface area contributed by atoms with Gasteiger partial charge in [-0.05, 0) is 18.8 Å². The maximum absolute atomic E-state index is 12.0. The molecule has 8 heteroatoms. The van der Waals surface area contributed by atoms with Gasteiger partial charge in [0.25, 0.3) is 0 Å². The Morgan fingerprint density at radius 1 is 1.45 bits per heavy atom. The number of carbonyl (C=O) groups excluding carboxylic acids is 1. The lowest BCUT2D eigenvalue weighted by molar-refractivity contribution is -0.132. The van der Waals surface area contributed by atoms with Crippen LogP contribution >= 0.6 is 0 Å². The Bertz CT molecular complexity index is 400. The first kappa shape index (κ1) is 17.4. The molecule has 0 spiro atoms. The van der Waals surface area contributed by atoms with E-state index in [4.69, 9.17) is 4.74 Å². The van der Waals surface area contributed by atoms with Gasteiger partial charge in [-0.2, -0.15) is 0 Å². The number of nitrogens with one attached hydrogen (secondary N) is 2. The average molecular weight is 307 g/mol. The van der Waals surface area contributed by atoms with E-state index in [9.17, 15) is 13.2 Å². The highest BCUT2D eigenvalue weighted by molar-refractivity contribution is 7.88. The topological polar surface area (TPSA) is 87.7 Å². The molecule has 1 aliphatic heterocycles. The molecule has 1 unspecified atom stereocenters. The summed E-state index contributed by atoms with van der Waals surface area (Å²) < 4.78 is 29.6. The van der Waals surface area contributed by atoms with Crippen molar-refractivity contribution in [1.29, 1.82) is 0 Å². The molecule has 1 saturated heterocycles. The van der Waals surface area contributed by atoms with Crippen LogP contribution in [-0.4, -0.2) is 71.9 Å². The van der Waals surface area contributed by atoms with Crippen molar-refractivity contribution in [3.8, 4) is 0 Å². The van der Waals surface area contributed by atoms with Crippen LogP contribution in [-0.2, 0) is 19.6 Å². The van der Waals surface area contributed by atoms with Gasteiger partial charge in [0.15, 0.2) is 0 Å². The first-order valence-electron chi connectivity index (χ1n) is 6.84. The lowest BCUT2D eigenvalue weighted by Gasteiger charge is -2.32. The van der Waals surface area contributed by atoms with E-state index >= 15 is 0 Å². The Kier molecular flexibility index (Phi) is 7.42. The van der Waals surface area contributed by atoms with Gasteiger partial charge >= 0.3 is 0 Å². The van der Waals surface area contributed by atoms with E-state index < -0.39 is 10.0 Å². The molecule has 1 amide bonds. The quantitative estimate of drug-likeness (QED) is 0.562. The van der Waals surface area contributed by atoms with Crippen LogP contribution in [0.5, 0.6) is 0 Å². The van der Waals surface area contributed by atoms with Gasteiger partial charge in [0.05, 0.1) is 19.4 Å². The van der Waals surface area contributed by atoms with E-state index in [1.165, 1.54) is 0 Å². The zero-order chi connectivity index (χ0) is 15.0. The number of methoxy groups -OCH3 is 1. The van der Waals surface area contributed by atoms with E-state index in [1.54, 1.807) is 12.0 Å². The SMILES string of the molecule is COCCNCC(=O)N1CCCC(CNS(C)(=O)=O)C1. The van der Waals surface area contributed by atoms with Crippen LogP contribution in [0.15, 0.2) is 0 Å². The van der Waals surface area contributed by atoms with Crippen molar-refractivity contribution in [1.82, 2.24) is 14.9 Å². The number of piperidine rings is 1. The van der Waals surface area contributed by atoms with Crippen LogP contribution in [0.1, 0.15) is 12.8 Å². The highest BCUT2D eigenvalue weighted by atomic mass is 32.2. The van der Waals surface area contributed by atoms with E-state index in [0.717, 1.165) is 25.6 Å². The van der Waals surface area contributed by atoms with E-state index in [1.807, 2.05) is 0 Å². The molecule has 0 aliphatic carbocycles. The third-order valence-electron chi connectivity index (χ3n) is 3.27. The highest BCUT2D eigenvalue weighted by Crippen LogP contribution is 2.15. The van der Waals surface area contributed by atoms with E-state index in [-0.39, 0.29) is 11.8 Å². The molecule has 0 radical (unpaired) electrons. The molecule has 118 valence electrons. The standard InChI is InChI=1S/C12H25N3O4S/c1-19-7-5-13-9-12(16)15-6-3-4-11(10-15)8-14-20(2,17)18/h11,13-14H,3-10H2,1-2H3. The molecule has 7 nitrogen and oxygen atoms in total. The number of hydrogen-bond donors (Lipinski definition) is 2. The molecule has 20 heavy (non-hydrogen) atoms. The summed E-state index contributed by atoms with van der Waals surface area (Å²) in [5.41, 5.74) is 0. The van der Waals surface area contributed by atoms with Crippen molar-refractivity contribution in [2.45, 2.75) is 12.8 Å². The van der Waals surface area contributed by atoms with E-state index in [2.05, 4.69) is 10.0 Å². The maximum Gasteiger partial charge on any atom is 0.236 e. The summed E-state index contributed by atoms with van der Waals surface area (Å²) in [4.78, 5) is 13.8. The lowest BCUT2D eigenvalue weighted by Crippen LogP contribution is -2.46. The summed E-state index contributed by atoms with van der Waals surface area (Å²) in [6, 6.07) is 0. The molecular formula is C12H25N3O4S. The Balaban J connectivity index is 2.30. The van der Waals surface area contributed by atoms with Gasteiger partial charge in [0.2, 0.25) is 15.9 Å². The van der Waals surface area contributed by atoms with Gasteiger partial charge in [-0.15, -0.1) is 0 Å². The van der Waals surface area contributed by atoms with Crippen molar-refractivity contribution in [3.05, 3.63) is 0 Å². The molecule has 0 bridgehead atoms. The molecule has 1 aliphatic rings. The molecule has 1 rings (SSSR count). The Labute approximate surface area is 121 Å².